The zero-order chi connectivity index (χ0) is 12.9. The van der Waals surface area contributed by atoms with Crippen LogP contribution in [0.5, 0.6) is 0 Å². The summed E-state index contributed by atoms with van der Waals surface area (Å²) in [6.45, 7) is 3.70. The van der Waals surface area contributed by atoms with Gasteiger partial charge in [0.25, 0.3) is 0 Å². The lowest BCUT2D eigenvalue weighted by Crippen LogP contribution is -2.22. The minimum absolute atomic E-state index is 0.675. The highest BCUT2D eigenvalue weighted by molar-refractivity contribution is 7.09. The monoisotopic (exact) mass is 274 g/mol. The lowest BCUT2D eigenvalue weighted by molar-refractivity contribution is 0.185. The summed E-state index contributed by atoms with van der Waals surface area (Å²) in [6.07, 6.45) is 1.18. The van der Waals surface area contributed by atoms with Gasteiger partial charge in [0.05, 0.1) is 12.3 Å². The van der Waals surface area contributed by atoms with Crippen molar-refractivity contribution in [1.29, 1.82) is 0 Å². The van der Waals surface area contributed by atoms with Crippen LogP contribution in [0.4, 0.5) is 0 Å². The van der Waals surface area contributed by atoms with Crippen LogP contribution in [0.3, 0.4) is 0 Å². The third-order valence-electron chi connectivity index (χ3n) is 3.35. The van der Waals surface area contributed by atoms with Gasteiger partial charge in [0, 0.05) is 30.6 Å². The number of rotatable bonds is 5. The van der Waals surface area contributed by atoms with Gasteiger partial charge in [-0.3, -0.25) is 0 Å². The van der Waals surface area contributed by atoms with Crippen molar-refractivity contribution in [3.8, 4) is 11.3 Å². The van der Waals surface area contributed by atoms with Crippen molar-refractivity contribution >= 4 is 11.3 Å². The minimum atomic E-state index is 0.675. The molecule has 0 bridgehead atoms. The number of thiazole rings is 1. The van der Waals surface area contributed by atoms with Crippen molar-refractivity contribution in [1.82, 2.24) is 10.3 Å². The Balaban J connectivity index is 1.53. The highest BCUT2D eigenvalue weighted by atomic mass is 32.1. The van der Waals surface area contributed by atoms with Crippen LogP contribution < -0.4 is 5.32 Å². The van der Waals surface area contributed by atoms with Crippen molar-refractivity contribution < 1.29 is 4.74 Å². The summed E-state index contributed by atoms with van der Waals surface area (Å²) in [4.78, 5) is 4.67. The first-order valence-electron chi connectivity index (χ1n) is 6.70. The molecule has 1 aromatic carbocycles. The molecule has 2 aromatic rings. The zero-order valence-electron chi connectivity index (χ0n) is 10.8. The number of nitrogens with one attached hydrogen (secondary N) is 1. The van der Waals surface area contributed by atoms with Gasteiger partial charge in [-0.25, -0.2) is 4.98 Å². The molecular formula is C15H18N2OS. The Morgan fingerprint density at radius 2 is 2.21 bits per heavy atom. The van der Waals surface area contributed by atoms with E-state index in [4.69, 9.17) is 4.74 Å². The van der Waals surface area contributed by atoms with Crippen LogP contribution in [0.15, 0.2) is 35.7 Å². The molecule has 3 nitrogen and oxygen atoms in total. The molecule has 0 amide bonds. The molecule has 1 atom stereocenters. The van der Waals surface area contributed by atoms with E-state index in [-0.39, 0.29) is 0 Å². The van der Waals surface area contributed by atoms with Gasteiger partial charge >= 0.3 is 0 Å². The fourth-order valence-electron chi connectivity index (χ4n) is 2.26. The van der Waals surface area contributed by atoms with Crippen LogP contribution in [-0.2, 0) is 11.3 Å². The van der Waals surface area contributed by atoms with Crippen LogP contribution >= 0.6 is 11.3 Å². The highest BCUT2D eigenvalue weighted by Gasteiger charge is 2.14. The van der Waals surface area contributed by atoms with Gasteiger partial charge in [-0.15, -0.1) is 11.3 Å². The molecule has 0 spiro atoms. The number of aromatic nitrogens is 1. The van der Waals surface area contributed by atoms with Crippen molar-refractivity contribution in [2.24, 2.45) is 5.92 Å². The predicted octanol–water partition coefficient (Wildman–Crippen LogP) is 2.94. The van der Waals surface area contributed by atoms with Crippen LogP contribution in [0.1, 0.15) is 11.4 Å². The van der Waals surface area contributed by atoms with E-state index in [0.717, 1.165) is 37.0 Å². The fourth-order valence-corrected chi connectivity index (χ4v) is 3.03. The summed E-state index contributed by atoms with van der Waals surface area (Å²) in [7, 11) is 0. The Morgan fingerprint density at radius 3 is 3.00 bits per heavy atom. The Bertz CT molecular complexity index is 506. The normalized spacial score (nSPS) is 18.8. The van der Waals surface area contributed by atoms with Gasteiger partial charge in [-0.1, -0.05) is 30.3 Å². The number of benzene rings is 1. The molecule has 0 aliphatic carbocycles. The van der Waals surface area contributed by atoms with Gasteiger partial charge in [-0.2, -0.15) is 0 Å². The van der Waals surface area contributed by atoms with Crippen molar-refractivity contribution in [2.45, 2.75) is 13.0 Å². The van der Waals surface area contributed by atoms with Crippen molar-refractivity contribution in [3.63, 3.8) is 0 Å². The Labute approximate surface area is 117 Å². The van der Waals surface area contributed by atoms with E-state index in [1.54, 1.807) is 11.3 Å². The molecule has 1 aromatic heterocycles. The summed E-state index contributed by atoms with van der Waals surface area (Å²) in [6, 6.07) is 10.3. The average Bonchev–Trinajstić information content (AvgIpc) is 3.11. The highest BCUT2D eigenvalue weighted by Crippen LogP contribution is 2.21. The molecule has 1 fully saturated rings. The molecule has 0 saturated carbocycles. The SMILES string of the molecule is c1ccc(-c2csc(CNCC3CCOC3)n2)cc1. The quantitative estimate of drug-likeness (QED) is 0.910. The molecule has 0 radical (unpaired) electrons. The molecule has 1 unspecified atom stereocenters. The summed E-state index contributed by atoms with van der Waals surface area (Å²) in [5.74, 6) is 0.675. The van der Waals surface area contributed by atoms with Gasteiger partial charge in [0.2, 0.25) is 0 Å². The zero-order valence-corrected chi connectivity index (χ0v) is 11.7. The lowest BCUT2D eigenvalue weighted by Gasteiger charge is -2.07. The largest absolute Gasteiger partial charge is 0.381 e. The summed E-state index contributed by atoms with van der Waals surface area (Å²) >= 11 is 1.72. The van der Waals surface area contributed by atoms with Gasteiger partial charge in [0.1, 0.15) is 5.01 Å². The Morgan fingerprint density at radius 1 is 1.32 bits per heavy atom. The first kappa shape index (κ1) is 12.8. The van der Waals surface area contributed by atoms with Crippen LogP contribution in [0, 0.1) is 5.92 Å². The van der Waals surface area contributed by atoms with Crippen LogP contribution in [-0.4, -0.2) is 24.7 Å². The van der Waals surface area contributed by atoms with E-state index in [1.807, 2.05) is 18.2 Å². The summed E-state index contributed by atoms with van der Waals surface area (Å²) < 4.78 is 5.37. The maximum absolute atomic E-state index is 5.37. The molecule has 100 valence electrons. The van der Waals surface area contributed by atoms with Gasteiger partial charge in [-0.05, 0) is 12.3 Å². The molecule has 1 aliphatic rings. The van der Waals surface area contributed by atoms with Crippen molar-refractivity contribution in [3.05, 3.63) is 40.7 Å². The predicted molar refractivity (Wildman–Crippen MR) is 78.2 cm³/mol. The van der Waals surface area contributed by atoms with E-state index in [1.165, 1.54) is 12.0 Å². The lowest BCUT2D eigenvalue weighted by atomic mass is 10.1. The smallest absolute Gasteiger partial charge is 0.107 e. The van der Waals surface area contributed by atoms with E-state index >= 15 is 0 Å². The third kappa shape index (κ3) is 3.41. The number of ether oxygens (including phenoxy) is 1. The third-order valence-corrected chi connectivity index (χ3v) is 4.20. The summed E-state index contributed by atoms with van der Waals surface area (Å²) in [5.41, 5.74) is 2.26. The van der Waals surface area contributed by atoms with E-state index in [2.05, 4.69) is 27.8 Å². The van der Waals surface area contributed by atoms with E-state index in [9.17, 15) is 0 Å². The minimum Gasteiger partial charge on any atom is -0.381 e. The molecule has 1 saturated heterocycles. The summed E-state index contributed by atoms with van der Waals surface area (Å²) in [5, 5.41) is 6.76. The molecule has 1 N–H and O–H groups in total. The van der Waals surface area contributed by atoms with Gasteiger partial charge < -0.3 is 10.1 Å². The fraction of sp³-hybridized carbons (Fsp3) is 0.400. The van der Waals surface area contributed by atoms with Crippen LogP contribution in [0.25, 0.3) is 11.3 Å². The second-order valence-corrected chi connectivity index (χ2v) is 5.80. The number of hydrogen-bond acceptors (Lipinski definition) is 4. The Kier molecular flexibility index (Phi) is 4.23. The van der Waals surface area contributed by atoms with E-state index in [0.29, 0.717) is 5.92 Å². The number of nitrogens with zero attached hydrogens (tertiary/aromatic N) is 1. The molecular weight excluding hydrogens is 256 g/mol. The molecule has 19 heavy (non-hydrogen) atoms. The van der Waals surface area contributed by atoms with Crippen molar-refractivity contribution in [2.75, 3.05) is 19.8 Å². The molecule has 2 heterocycles. The van der Waals surface area contributed by atoms with Gasteiger partial charge in [0.15, 0.2) is 0 Å². The first-order valence-corrected chi connectivity index (χ1v) is 7.58. The standard InChI is InChI=1S/C15H18N2OS/c1-2-4-13(5-3-1)14-11-19-15(17-14)9-16-8-12-6-7-18-10-12/h1-5,11-12,16H,6-10H2. The van der Waals surface area contributed by atoms with Crippen LogP contribution in [0.2, 0.25) is 0 Å². The van der Waals surface area contributed by atoms with E-state index < -0.39 is 0 Å². The second kappa shape index (κ2) is 6.28. The maximum Gasteiger partial charge on any atom is 0.107 e. The second-order valence-electron chi connectivity index (χ2n) is 4.85. The topological polar surface area (TPSA) is 34.1 Å². The number of hydrogen-bond donors (Lipinski definition) is 1. The maximum atomic E-state index is 5.37. The Hall–Kier alpha value is -1.23. The molecule has 4 heteroatoms. The average molecular weight is 274 g/mol. The first-order chi connectivity index (χ1) is 9.42. The molecule has 3 rings (SSSR count). The molecule has 1 aliphatic heterocycles.